The second-order valence-electron chi connectivity index (χ2n) is 4.77. The summed E-state index contributed by atoms with van der Waals surface area (Å²) < 4.78 is 0. The van der Waals surface area contributed by atoms with Gasteiger partial charge in [0.2, 0.25) is 0 Å². The van der Waals surface area contributed by atoms with Crippen LogP contribution in [0.1, 0.15) is 36.5 Å². The maximum Gasteiger partial charge on any atom is 0.0582 e. The quantitative estimate of drug-likeness (QED) is 0.812. The lowest BCUT2D eigenvalue weighted by atomic mass is 9.90. The van der Waals surface area contributed by atoms with Gasteiger partial charge in [-0.05, 0) is 49.3 Å². The van der Waals surface area contributed by atoms with Crippen molar-refractivity contribution in [3.05, 3.63) is 34.9 Å². The highest BCUT2D eigenvalue weighted by Crippen LogP contribution is 2.22. The van der Waals surface area contributed by atoms with Crippen LogP contribution in [0, 0.1) is 0 Å². The SMILES string of the molecule is CC(CO)NCc1ccc2c(c1)CCCC2. The van der Waals surface area contributed by atoms with Gasteiger partial charge in [0, 0.05) is 12.6 Å². The number of aryl methyl sites for hydroxylation is 2. The van der Waals surface area contributed by atoms with Gasteiger partial charge in [-0.2, -0.15) is 0 Å². The molecule has 0 fully saturated rings. The van der Waals surface area contributed by atoms with E-state index in [-0.39, 0.29) is 12.6 Å². The summed E-state index contributed by atoms with van der Waals surface area (Å²) in [6.07, 6.45) is 5.15. The van der Waals surface area contributed by atoms with Gasteiger partial charge in [0.1, 0.15) is 0 Å². The third-order valence-electron chi connectivity index (χ3n) is 3.34. The summed E-state index contributed by atoms with van der Waals surface area (Å²) >= 11 is 0. The number of aliphatic hydroxyl groups is 1. The van der Waals surface area contributed by atoms with Crippen LogP contribution in [-0.2, 0) is 19.4 Å². The Morgan fingerprint density at radius 1 is 1.25 bits per heavy atom. The summed E-state index contributed by atoms with van der Waals surface area (Å²) in [5.41, 5.74) is 4.40. The summed E-state index contributed by atoms with van der Waals surface area (Å²) in [7, 11) is 0. The maximum absolute atomic E-state index is 8.94. The van der Waals surface area contributed by atoms with Crippen molar-refractivity contribution in [1.29, 1.82) is 0 Å². The maximum atomic E-state index is 8.94. The van der Waals surface area contributed by atoms with Crippen LogP contribution in [0.25, 0.3) is 0 Å². The minimum Gasteiger partial charge on any atom is -0.395 e. The number of fused-ring (bicyclic) bond motifs is 1. The van der Waals surface area contributed by atoms with E-state index in [0.29, 0.717) is 0 Å². The molecular weight excluding hydrogens is 198 g/mol. The minimum absolute atomic E-state index is 0.177. The first-order valence-corrected chi connectivity index (χ1v) is 6.24. The molecule has 0 spiro atoms. The summed E-state index contributed by atoms with van der Waals surface area (Å²) in [4.78, 5) is 0. The molecular formula is C14H21NO. The molecule has 16 heavy (non-hydrogen) atoms. The zero-order chi connectivity index (χ0) is 11.4. The third-order valence-corrected chi connectivity index (χ3v) is 3.34. The van der Waals surface area contributed by atoms with E-state index in [9.17, 15) is 0 Å². The van der Waals surface area contributed by atoms with E-state index in [1.165, 1.54) is 42.4 Å². The predicted molar refractivity (Wildman–Crippen MR) is 66.5 cm³/mol. The van der Waals surface area contributed by atoms with Crippen molar-refractivity contribution < 1.29 is 5.11 Å². The van der Waals surface area contributed by atoms with Crippen LogP contribution in [0.4, 0.5) is 0 Å². The molecule has 0 amide bonds. The predicted octanol–water partition coefficient (Wildman–Crippen LogP) is 2.04. The van der Waals surface area contributed by atoms with E-state index < -0.39 is 0 Å². The van der Waals surface area contributed by atoms with Crippen LogP contribution in [0.15, 0.2) is 18.2 Å². The lowest BCUT2D eigenvalue weighted by molar-refractivity contribution is 0.251. The van der Waals surface area contributed by atoms with Crippen LogP contribution in [0.2, 0.25) is 0 Å². The van der Waals surface area contributed by atoms with Crippen molar-refractivity contribution in [2.24, 2.45) is 0 Å². The van der Waals surface area contributed by atoms with Gasteiger partial charge < -0.3 is 10.4 Å². The number of nitrogens with one attached hydrogen (secondary N) is 1. The lowest BCUT2D eigenvalue weighted by Gasteiger charge is -2.17. The van der Waals surface area contributed by atoms with Gasteiger partial charge in [-0.3, -0.25) is 0 Å². The molecule has 2 rings (SSSR count). The van der Waals surface area contributed by atoms with Crippen molar-refractivity contribution >= 4 is 0 Å². The van der Waals surface area contributed by atoms with E-state index >= 15 is 0 Å². The molecule has 2 N–H and O–H groups in total. The highest BCUT2D eigenvalue weighted by Gasteiger charge is 2.09. The fourth-order valence-corrected chi connectivity index (χ4v) is 2.25. The molecule has 1 aromatic rings. The molecule has 0 aromatic heterocycles. The molecule has 1 aromatic carbocycles. The van der Waals surface area contributed by atoms with Crippen molar-refractivity contribution in [3.63, 3.8) is 0 Å². The fraction of sp³-hybridized carbons (Fsp3) is 0.571. The Labute approximate surface area is 97.7 Å². The average Bonchev–Trinajstić information content (AvgIpc) is 2.35. The first-order valence-electron chi connectivity index (χ1n) is 6.24. The van der Waals surface area contributed by atoms with Gasteiger partial charge in [-0.1, -0.05) is 18.2 Å². The summed E-state index contributed by atoms with van der Waals surface area (Å²) in [6, 6.07) is 6.98. The molecule has 2 heteroatoms. The van der Waals surface area contributed by atoms with Crippen LogP contribution in [0.3, 0.4) is 0 Å². The van der Waals surface area contributed by atoms with Crippen molar-refractivity contribution in [2.45, 2.75) is 45.2 Å². The zero-order valence-corrected chi connectivity index (χ0v) is 10.00. The van der Waals surface area contributed by atoms with E-state index in [4.69, 9.17) is 5.11 Å². The molecule has 88 valence electrons. The zero-order valence-electron chi connectivity index (χ0n) is 10.00. The number of aliphatic hydroxyl groups excluding tert-OH is 1. The number of hydrogen-bond donors (Lipinski definition) is 2. The minimum atomic E-state index is 0.177. The Morgan fingerprint density at radius 2 is 2.00 bits per heavy atom. The number of benzene rings is 1. The largest absolute Gasteiger partial charge is 0.395 e. The molecule has 0 saturated heterocycles. The highest BCUT2D eigenvalue weighted by atomic mass is 16.3. The van der Waals surface area contributed by atoms with Crippen molar-refractivity contribution in [1.82, 2.24) is 5.32 Å². The first-order chi connectivity index (χ1) is 7.79. The van der Waals surface area contributed by atoms with Gasteiger partial charge in [-0.15, -0.1) is 0 Å². The van der Waals surface area contributed by atoms with E-state index in [1.54, 1.807) is 0 Å². The second-order valence-corrected chi connectivity index (χ2v) is 4.77. The molecule has 0 saturated carbocycles. The van der Waals surface area contributed by atoms with Crippen molar-refractivity contribution in [3.8, 4) is 0 Å². The highest BCUT2D eigenvalue weighted by molar-refractivity contribution is 5.33. The molecule has 0 aliphatic heterocycles. The molecule has 1 atom stereocenters. The van der Waals surface area contributed by atoms with Gasteiger partial charge in [0.05, 0.1) is 6.61 Å². The Morgan fingerprint density at radius 3 is 2.75 bits per heavy atom. The molecule has 0 heterocycles. The van der Waals surface area contributed by atoms with E-state index in [1.807, 2.05) is 6.92 Å². The van der Waals surface area contributed by atoms with Crippen LogP contribution < -0.4 is 5.32 Å². The Hall–Kier alpha value is -0.860. The van der Waals surface area contributed by atoms with Gasteiger partial charge >= 0.3 is 0 Å². The monoisotopic (exact) mass is 219 g/mol. The average molecular weight is 219 g/mol. The van der Waals surface area contributed by atoms with Crippen LogP contribution in [0.5, 0.6) is 0 Å². The fourth-order valence-electron chi connectivity index (χ4n) is 2.25. The van der Waals surface area contributed by atoms with Crippen LogP contribution >= 0.6 is 0 Å². The number of rotatable bonds is 4. The van der Waals surface area contributed by atoms with E-state index in [0.717, 1.165) is 6.54 Å². The summed E-state index contributed by atoms with van der Waals surface area (Å²) in [5, 5.41) is 12.2. The smallest absolute Gasteiger partial charge is 0.0582 e. The van der Waals surface area contributed by atoms with Gasteiger partial charge in [0.25, 0.3) is 0 Å². The van der Waals surface area contributed by atoms with Crippen LogP contribution in [-0.4, -0.2) is 17.8 Å². The van der Waals surface area contributed by atoms with Gasteiger partial charge in [-0.25, -0.2) is 0 Å². The normalized spacial score (nSPS) is 16.9. The lowest BCUT2D eigenvalue weighted by Crippen LogP contribution is -2.28. The first kappa shape index (κ1) is 11.6. The molecule has 2 nitrogen and oxygen atoms in total. The Bertz CT molecular complexity index is 349. The second kappa shape index (κ2) is 5.46. The molecule has 1 aliphatic rings. The molecule has 0 bridgehead atoms. The van der Waals surface area contributed by atoms with Crippen molar-refractivity contribution in [2.75, 3.05) is 6.61 Å². The van der Waals surface area contributed by atoms with E-state index in [2.05, 4.69) is 23.5 Å². The van der Waals surface area contributed by atoms with Gasteiger partial charge in [0.15, 0.2) is 0 Å². The standard InChI is InChI=1S/C14H21NO/c1-11(10-16)15-9-12-6-7-13-4-2-3-5-14(13)8-12/h6-8,11,15-16H,2-5,9-10H2,1H3. The molecule has 1 unspecified atom stereocenters. The Balaban J connectivity index is 2.00. The summed E-state index contributed by atoms with van der Waals surface area (Å²) in [5.74, 6) is 0. The summed E-state index contributed by atoms with van der Waals surface area (Å²) in [6.45, 7) is 3.05. The molecule has 0 radical (unpaired) electrons. The topological polar surface area (TPSA) is 32.3 Å². The Kier molecular flexibility index (Phi) is 3.97. The third kappa shape index (κ3) is 2.83. The molecule has 1 aliphatic carbocycles. The number of hydrogen-bond acceptors (Lipinski definition) is 2.